The molecule has 0 spiro atoms. The SMILES string of the molecule is CCCN(CCC)c1sc(C(=O)NC)c(N)c1OC(C)C. The van der Waals surface area contributed by atoms with Gasteiger partial charge in [0.25, 0.3) is 5.91 Å². The van der Waals surface area contributed by atoms with Crippen LogP contribution in [0.2, 0.25) is 0 Å². The zero-order valence-corrected chi connectivity index (χ0v) is 14.5. The van der Waals surface area contributed by atoms with Crippen LogP contribution in [0.15, 0.2) is 0 Å². The lowest BCUT2D eigenvalue weighted by Gasteiger charge is -2.24. The highest BCUT2D eigenvalue weighted by Gasteiger charge is 2.25. The third-order valence-corrected chi connectivity index (χ3v) is 4.19. The van der Waals surface area contributed by atoms with Crippen molar-refractivity contribution in [3.05, 3.63) is 4.88 Å². The highest BCUT2D eigenvalue weighted by atomic mass is 32.1. The molecular formula is C15H27N3O2S. The van der Waals surface area contributed by atoms with Crippen molar-refractivity contribution in [1.29, 1.82) is 0 Å². The second-order valence-corrected chi connectivity index (χ2v) is 6.21. The number of ether oxygens (including phenoxy) is 1. The fourth-order valence-corrected chi connectivity index (χ4v) is 3.26. The molecule has 0 aliphatic rings. The first-order valence-electron chi connectivity index (χ1n) is 7.52. The van der Waals surface area contributed by atoms with Gasteiger partial charge >= 0.3 is 0 Å². The molecule has 0 unspecified atom stereocenters. The van der Waals surface area contributed by atoms with Crippen LogP contribution in [0.3, 0.4) is 0 Å². The van der Waals surface area contributed by atoms with E-state index in [1.165, 1.54) is 11.3 Å². The first-order valence-corrected chi connectivity index (χ1v) is 8.33. The van der Waals surface area contributed by atoms with Gasteiger partial charge in [-0.05, 0) is 26.7 Å². The van der Waals surface area contributed by atoms with E-state index >= 15 is 0 Å². The monoisotopic (exact) mass is 313 g/mol. The zero-order valence-electron chi connectivity index (χ0n) is 13.7. The summed E-state index contributed by atoms with van der Waals surface area (Å²) in [6.07, 6.45) is 2.09. The van der Waals surface area contributed by atoms with E-state index in [0.717, 1.165) is 30.9 Å². The van der Waals surface area contributed by atoms with Crippen LogP contribution in [0, 0.1) is 0 Å². The van der Waals surface area contributed by atoms with Gasteiger partial charge in [0, 0.05) is 20.1 Å². The number of thiophene rings is 1. The van der Waals surface area contributed by atoms with Crippen LogP contribution in [0.5, 0.6) is 5.75 Å². The maximum atomic E-state index is 12.0. The van der Waals surface area contributed by atoms with E-state index in [1.54, 1.807) is 7.05 Å². The van der Waals surface area contributed by atoms with Gasteiger partial charge in [0.05, 0.1) is 6.10 Å². The summed E-state index contributed by atoms with van der Waals surface area (Å²) in [5, 5.41) is 3.60. The summed E-state index contributed by atoms with van der Waals surface area (Å²) in [5.41, 5.74) is 6.60. The molecule has 1 aromatic heterocycles. The van der Waals surface area contributed by atoms with Crippen LogP contribution in [0.1, 0.15) is 50.2 Å². The topological polar surface area (TPSA) is 67.6 Å². The molecule has 0 fully saturated rings. The lowest BCUT2D eigenvalue weighted by molar-refractivity contribution is 0.0967. The van der Waals surface area contributed by atoms with Crippen molar-refractivity contribution >= 4 is 27.9 Å². The molecular weight excluding hydrogens is 286 g/mol. The summed E-state index contributed by atoms with van der Waals surface area (Å²) in [6.45, 7) is 10.1. The van der Waals surface area contributed by atoms with Crippen molar-refractivity contribution in [3.8, 4) is 5.75 Å². The summed E-state index contributed by atoms with van der Waals surface area (Å²) in [6, 6.07) is 0. The normalized spacial score (nSPS) is 10.8. The number of carbonyl (C=O) groups excluding carboxylic acids is 1. The number of anilines is 2. The molecule has 21 heavy (non-hydrogen) atoms. The van der Waals surface area contributed by atoms with Gasteiger partial charge in [0.2, 0.25) is 0 Å². The van der Waals surface area contributed by atoms with Gasteiger partial charge in [-0.1, -0.05) is 13.8 Å². The van der Waals surface area contributed by atoms with Crippen LogP contribution in [-0.2, 0) is 0 Å². The number of amides is 1. The van der Waals surface area contributed by atoms with E-state index < -0.39 is 0 Å². The minimum absolute atomic E-state index is 0.0169. The maximum Gasteiger partial charge on any atom is 0.263 e. The maximum absolute atomic E-state index is 12.0. The first kappa shape index (κ1) is 17.6. The van der Waals surface area contributed by atoms with Crippen LogP contribution >= 0.6 is 11.3 Å². The Morgan fingerprint density at radius 2 is 1.90 bits per heavy atom. The summed E-state index contributed by atoms with van der Waals surface area (Å²) in [4.78, 5) is 14.8. The minimum Gasteiger partial charge on any atom is -0.486 e. The average molecular weight is 313 g/mol. The van der Waals surface area contributed by atoms with E-state index in [4.69, 9.17) is 10.5 Å². The molecule has 120 valence electrons. The summed E-state index contributed by atoms with van der Waals surface area (Å²) in [7, 11) is 1.61. The van der Waals surface area contributed by atoms with Crippen molar-refractivity contribution in [2.75, 3.05) is 30.8 Å². The van der Waals surface area contributed by atoms with Gasteiger partial charge in [-0.2, -0.15) is 0 Å². The summed E-state index contributed by atoms with van der Waals surface area (Å²) >= 11 is 1.41. The molecule has 1 amide bonds. The average Bonchev–Trinajstić information content (AvgIpc) is 2.75. The quantitative estimate of drug-likeness (QED) is 0.774. The Kier molecular flexibility index (Phi) is 6.81. The highest BCUT2D eigenvalue weighted by molar-refractivity contribution is 7.19. The van der Waals surface area contributed by atoms with Crippen LogP contribution in [0.4, 0.5) is 10.7 Å². The molecule has 0 saturated carbocycles. The Hall–Kier alpha value is -1.43. The summed E-state index contributed by atoms with van der Waals surface area (Å²) in [5.74, 6) is 0.487. The Morgan fingerprint density at radius 3 is 2.33 bits per heavy atom. The Balaban J connectivity index is 3.28. The van der Waals surface area contributed by atoms with Crippen molar-refractivity contribution < 1.29 is 9.53 Å². The van der Waals surface area contributed by atoms with Gasteiger partial charge in [0.15, 0.2) is 5.75 Å². The van der Waals surface area contributed by atoms with Crippen molar-refractivity contribution in [3.63, 3.8) is 0 Å². The second kappa shape index (κ2) is 8.12. The Bertz CT molecular complexity index is 466. The number of nitrogens with zero attached hydrogens (tertiary/aromatic N) is 1. The molecule has 1 aromatic rings. The largest absolute Gasteiger partial charge is 0.486 e. The third-order valence-electron chi connectivity index (χ3n) is 2.94. The van der Waals surface area contributed by atoms with Crippen molar-refractivity contribution in [2.45, 2.75) is 46.6 Å². The summed E-state index contributed by atoms with van der Waals surface area (Å²) < 4.78 is 5.89. The molecule has 5 nitrogen and oxygen atoms in total. The van der Waals surface area contributed by atoms with E-state index in [1.807, 2.05) is 13.8 Å². The number of nitrogens with two attached hydrogens (primary N) is 1. The third kappa shape index (κ3) is 4.27. The van der Waals surface area contributed by atoms with Gasteiger partial charge in [-0.25, -0.2) is 0 Å². The van der Waals surface area contributed by atoms with Gasteiger partial charge in [-0.15, -0.1) is 11.3 Å². The van der Waals surface area contributed by atoms with Crippen LogP contribution in [0.25, 0.3) is 0 Å². The molecule has 0 bridgehead atoms. The number of rotatable bonds is 8. The second-order valence-electron chi connectivity index (χ2n) is 5.21. The fraction of sp³-hybridized carbons (Fsp3) is 0.667. The molecule has 0 aliphatic heterocycles. The zero-order chi connectivity index (χ0) is 16.0. The predicted molar refractivity (Wildman–Crippen MR) is 90.7 cm³/mol. The highest BCUT2D eigenvalue weighted by Crippen LogP contribution is 2.45. The predicted octanol–water partition coefficient (Wildman–Crippen LogP) is 3.10. The standard InChI is InChI=1S/C15H27N3O2S/c1-6-8-18(9-7-2)15-12(20-10(3)4)11(16)13(21-15)14(19)17-5/h10H,6-9,16H2,1-5H3,(H,17,19). The smallest absolute Gasteiger partial charge is 0.263 e. The molecule has 0 aromatic carbocycles. The number of nitrogen functional groups attached to an aromatic ring is 1. The number of hydrogen-bond donors (Lipinski definition) is 2. The lowest BCUT2D eigenvalue weighted by Crippen LogP contribution is -2.25. The van der Waals surface area contributed by atoms with Crippen LogP contribution < -0.4 is 20.7 Å². The van der Waals surface area contributed by atoms with Gasteiger partial charge in [0.1, 0.15) is 15.6 Å². The van der Waals surface area contributed by atoms with E-state index in [-0.39, 0.29) is 12.0 Å². The van der Waals surface area contributed by atoms with E-state index in [9.17, 15) is 4.79 Å². The van der Waals surface area contributed by atoms with Gasteiger partial charge < -0.3 is 20.7 Å². The Labute approximate surface area is 131 Å². The molecule has 0 atom stereocenters. The fourth-order valence-electron chi connectivity index (χ4n) is 2.11. The lowest BCUT2D eigenvalue weighted by atomic mass is 10.3. The molecule has 0 radical (unpaired) electrons. The van der Waals surface area contributed by atoms with E-state index in [0.29, 0.717) is 16.3 Å². The minimum atomic E-state index is -0.162. The van der Waals surface area contributed by atoms with Crippen molar-refractivity contribution in [2.24, 2.45) is 0 Å². The molecule has 3 N–H and O–H groups in total. The first-order chi connectivity index (χ1) is 9.96. The molecule has 6 heteroatoms. The number of hydrogen-bond acceptors (Lipinski definition) is 5. The Morgan fingerprint density at radius 1 is 1.33 bits per heavy atom. The number of nitrogens with one attached hydrogen (secondary N) is 1. The molecule has 1 heterocycles. The van der Waals surface area contributed by atoms with E-state index in [2.05, 4.69) is 24.1 Å². The molecule has 0 aliphatic carbocycles. The number of carbonyl (C=O) groups is 1. The molecule has 0 saturated heterocycles. The molecule has 1 rings (SSSR count). The van der Waals surface area contributed by atoms with Crippen LogP contribution in [-0.4, -0.2) is 32.1 Å². The van der Waals surface area contributed by atoms with Crippen molar-refractivity contribution in [1.82, 2.24) is 5.32 Å². The van der Waals surface area contributed by atoms with Gasteiger partial charge in [-0.3, -0.25) is 4.79 Å².